The fraction of sp³-hybridized carbons (Fsp3) is 0.125. The van der Waals surface area contributed by atoms with Gasteiger partial charge in [0.2, 0.25) is 0 Å². The number of hydrogen-bond donors (Lipinski definition) is 2. The van der Waals surface area contributed by atoms with Crippen molar-refractivity contribution in [2.24, 2.45) is 0 Å². The maximum Gasteiger partial charge on any atom is 0.489 e. The van der Waals surface area contributed by atoms with Crippen molar-refractivity contribution in [2.75, 3.05) is 0 Å². The summed E-state index contributed by atoms with van der Waals surface area (Å²) in [5.74, 6) is 0. The molecule has 0 heterocycles. The number of rotatable bonds is 1. The molecule has 0 unspecified atom stereocenters. The lowest BCUT2D eigenvalue weighted by molar-refractivity contribution is 0.426. The van der Waals surface area contributed by atoms with Crippen LogP contribution in [0.3, 0.4) is 0 Å². The molecule has 0 aliphatic heterocycles. The van der Waals surface area contributed by atoms with Gasteiger partial charge in [0.15, 0.2) is 0 Å². The molecule has 2 aliphatic rings. The molecule has 92 valence electrons. The molecule has 4 rings (SSSR count). The van der Waals surface area contributed by atoms with Gasteiger partial charge in [-0.3, -0.25) is 0 Å². The van der Waals surface area contributed by atoms with Crippen LogP contribution in [0.1, 0.15) is 16.7 Å². The standard InChI is InChI=1S/C16H13BO2/c18-17(19)14-9-7-12-5-4-10-2-1-3-11-6-8-13(14)16(12)15(10)11/h1-2,4,6-9,18-19H,3,5H2. The number of allylic oxidation sites excluding steroid dienone is 4. The Kier molecular flexibility index (Phi) is 2.22. The third-order valence-corrected chi connectivity index (χ3v) is 4.13. The Morgan fingerprint density at radius 3 is 2.63 bits per heavy atom. The van der Waals surface area contributed by atoms with Crippen LogP contribution in [0.2, 0.25) is 0 Å². The first-order valence-corrected chi connectivity index (χ1v) is 6.56. The Labute approximate surface area is 111 Å². The highest BCUT2D eigenvalue weighted by molar-refractivity contribution is 6.62. The van der Waals surface area contributed by atoms with Gasteiger partial charge in [-0.1, -0.05) is 42.5 Å². The largest absolute Gasteiger partial charge is 0.489 e. The Balaban J connectivity index is 2.17. The molecule has 2 N–H and O–H groups in total. The van der Waals surface area contributed by atoms with Crippen LogP contribution in [0, 0.1) is 0 Å². The van der Waals surface area contributed by atoms with E-state index in [4.69, 9.17) is 0 Å². The molecular formula is C16H13BO2. The minimum atomic E-state index is -1.42. The summed E-state index contributed by atoms with van der Waals surface area (Å²) in [6, 6.07) is 7.97. The molecule has 19 heavy (non-hydrogen) atoms. The summed E-state index contributed by atoms with van der Waals surface area (Å²) in [5, 5.41) is 21.2. The van der Waals surface area contributed by atoms with E-state index in [2.05, 4.69) is 24.3 Å². The first-order valence-electron chi connectivity index (χ1n) is 6.56. The van der Waals surface area contributed by atoms with Crippen molar-refractivity contribution in [2.45, 2.75) is 12.8 Å². The molecule has 2 nitrogen and oxygen atoms in total. The monoisotopic (exact) mass is 248 g/mol. The van der Waals surface area contributed by atoms with Gasteiger partial charge in [0.05, 0.1) is 0 Å². The zero-order valence-corrected chi connectivity index (χ0v) is 10.4. The van der Waals surface area contributed by atoms with E-state index < -0.39 is 7.12 Å². The highest BCUT2D eigenvalue weighted by Crippen LogP contribution is 2.37. The molecule has 0 bridgehead atoms. The third kappa shape index (κ3) is 1.46. The molecule has 0 aromatic heterocycles. The second kappa shape index (κ2) is 3.83. The average molecular weight is 248 g/mol. The molecule has 0 saturated heterocycles. The van der Waals surface area contributed by atoms with Crippen molar-refractivity contribution in [3.05, 3.63) is 59.2 Å². The van der Waals surface area contributed by atoms with E-state index >= 15 is 0 Å². The lowest BCUT2D eigenvalue weighted by atomic mass is 9.73. The van der Waals surface area contributed by atoms with Gasteiger partial charge in [0.25, 0.3) is 0 Å². The van der Waals surface area contributed by atoms with E-state index in [-0.39, 0.29) is 0 Å². The van der Waals surface area contributed by atoms with Crippen LogP contribution in [0.15, 0.2) is 42.5 Å². The van der Waals surface area contributed by atoms with Crippen molar-refractivity contribution in [1.82, 2.24) is 0 Å². The van der Waals surface area contributed by atoms with Gasteiger partial charge >= 0.3 is 7.12 Å². The van der Waals surface area contributed by atoms with Crippen LogP contribution in [0.5, 0.6) is 0 Å². The maximum absolute atomic E-state index is 9.53. The molecule has 0 fully saturated rings. The lowest BCUT2D eigenvalue weighted by Gasteiger charge is -2.24. The fourth-order valence-electron chi connectivity index (χ4n) is 3.26. The average Bonchev–Trinajstić information content (AvgIpc) is 2.44. The van der Waals surface area contributed by atoms with Crippen molar-refractivity contribution in [1.29, 1.82) is 0 Å². The molecule has 0 amide bonds. The second-order valence-electron chi connectivity index (χ2n) is 5.18. The predicted octanol–water partition coefficient (Wildman–Crippen LogP) is 1.57. The summed E-state index contributed by atoms with van der Waals surface area (Å²) in [4.78, 5) is 0. The van der Waals surface area contributed by atoms with Crippen LogP contribution in [0.25, 0.3) is 16.3 Å². The zero-order chi connectivity index (χ0) is 13.0. The van der Waals surface area contributed by atoms with Gasteiger partial charge in [-0.05, 0) is 51.3 Å². The van der Waals surface area contributed by atoms with Crippen LogP contribution in [-0.4, -0.2) is 17.2 Å². The second-order valence-corrected chi connectivity index (χ2v) is 5.18. The molecule has 0 radical (unpaired) electrons. The first-order chi connectivity index (χ1) is 9.25. The molecule has 3 heteroatoms. The fourth-order valence-corrected chi connectivity index (χ4v) is 3.26. The van der Waals surface area contributed by atoms with E-state index in [0.717, 1.165) is 18.2 Å². The van der Waals surface area contributed by atoms with Gasteiger partial charge in [0.1, 0.15) is 0 Å². The Morgan fingerprint density at radius 2 is 1.79 bits per heavy atom. The summed E-state index contributed by atoms with van der Waals surface area (Å²) >= 11 is 0. The van der Waals surface area contributed by atoms with E-state index in [1.807, 2.05) is 18.2 Å². The van der Waals surface area contributed by atoms with Crippen LogP contribution >= 0.6 is 0 Å². The normalized spacial score (nSPS) is 15.6. The predicted molar refractivity (Wildman–Crippen MR) is 78.3 cm³/mol. The van der Waals surface area contributed by atoms with Crippen molar-refractivity contribution in [3.8, 4) is 0 Å². The molecule has 0 spiro atoms. The molecule has 2 aromatic rings. The van der Waals surface area contributed by atoms with Gasteiger partial charge in [0, 0.05) is 0 Å². The molecular weight excluding hydrogens is 235 g/mol. The summed E-state index contributed by atoms with van der Waals surface area (Å²) < 4.78 is 0. The molecule has 2 aromatic carbocycles. The topological polar surface area (TPSA) is 40.5 Å². The van der Waals surface area contributed by atoms with E-state index in [1.54, 1.807) is 0 Å². The first kappa shape index (κ1) is 11.0. The van der Waals surface area contributed by atoms with E-state index in [0.29, 0.717) is 5.46 Å². The quantitative estimate of drug-likeness (QED) is 0.752. The Morgan fingerprint density at radius 1 is 0.947 bits per heavy atom. The van der Waals surface area contributed by atoms with Gasteiger partial charge in [-0.15, -0.1) is 0 Å². The highest BCUT2D eigenvalue weighted by atomic mass is 16.4. The van der Waals surface area contributed by atoms with E-state index in [1.165, 1.54) is 27.6 Å². The SMILES string of the molecule is OB(O)c1ccc2c3c4c(ccc13)CC=CC4=CC2. The van der Waals surface area contributed by atoms with Crippen molar-refractivity contribution in [3.63, 3.8) is 0 Å². The summed E-state index contributed by atoms with van der Waals surface area (Å²) in [6.45, 7) is 0. The highest BCUT2D eigenvalue weighted by Gasteiger charge is 2.23. The smallest absolute Gasteiger partial charge is 0.423 e. The lowest BCUT2D eigenvalue weighted by Crippen LogP contribution is -2.31. The third-order valence-electron chi connectivity index (χ3n) is 4.13. The van der Waals surface area contributed by atoms with Crippen LogP contribution in [0.4, 0.5) is 0 Å². The van der Waals surface area contributed by atoms with Crippen molar-refractivity contribution < 1.29 is 10.0 Å². The number of hydrogen-bond acceptors (Lipinski definition) is 2. The number of benzene rings is 2. The summed E-state index contributed by atoms with van der Waals surface area (Å²) in [5.41, 5.74) is 5.74. The van der Waals surface area contributed by atoms with E-state index in [9.17, 15) is 10.0 Å². The Hall–Kier alpha value is -1.84. The summed E-state index contributed by atoms with van der Waals surface area (Å²) in [6.07, 6.45) is 8.48. The van der Waals surface area contributed by atoms with Crippen LogP contribution < -0.4 is 5.46 Å². The minimum Gasteiger partial charge on any atom is -0.423 e. The van der Waals surface area contributed by atoms with Gasteiger partial charge in [-0.2, -0.15) is 0 Å². The maximum atomic E-state index is 9.53. The zero-order valence-electron chi connectivity index (χ0n) is 10.4. The molecule has 0 atom stereocenters. The minimum absolute atomic E-state index is 0.595. The Bertz CT molecular complexity index is 757. The van der Waals surface area contributed by atoms with Crippen molar-refractivity contribution >= 4 is 28.9 Å². The van der Waals surface area contributed by atoms with Gasteiger partial charge < -0.3 is 10.0 Å². The summed E-state index contributed by atoms with van der Waals surface area (Å²) in [7, 11) is -1.42. The van der Waals surface area contributed by atoms with Gasteiger partial charge in [-0.25, -0.2) is 0 Å². The molecule has 0 saturated carbocycles. The molecule has 2 aliphatic carbocycles. The van der Waals surface area contributed by atoms with Crippen LogP contribution in [-0.2, 0) is 12.8 Å².